The minimum absolute atomic E-state index is 0.298. The van der Waals surface area contributed by atoms with Crippen LogP contribution in [-0.4, -0.2) is 19.8 Å². The third-order valence-electron chi connectivity index (χ3n) is 2.83. The summed E-state index contributed by atoms with van der Waals surface area (Å²) in [6, 6.07) is 7.01. The first-order chi connectivity index (χ1) is 8.52. The van der Waals surface area contributed by atoms with E-state index < -0.39 is 0 Å². The van der Waals surface area contributed by atoms with E-state index in [1.165, 1.54) is 16.7 Å². The number of rotatable bonds is 7. The molecule has 0 spiro atoms. The van der Waals surface area contributed by atoms with E-state index >= 15 is 0 Å². The van der Waals surface area contributed by atoms with Crippen molar-refractivity contribution in [2.45, 2.75) is 40.7 Å². The van der Waals surface area contributed by atoms with Crippen LogP contribution < -0.4 is 5.32 Å². The molecule has 0 aliphatic rings. The molecule has 18 heavy (non-hydrogen) atoms. The van der Waals surface area contributed by atoms with Crippen molar-refractivity contribution in [3.8, 4) is 0 Å². The van der Waals surface area contributed by atoms with E-state index in [9.17, 15) is 0 Å². The number of hydrogen-bond acceptors (Lipinski definition) is 2. The van der Waals surface area contributed by atoms with Gasteiger partial charge in [0.2, 0.25) is 0 Å². The van der Waals surface area contributed by atoms with Crippen molar-refractivity contribution < 1.29 is 4.74 Å². The monoisotopic (exact) mass is 249 g/mol. The largest absolute Gasteiger partial charge is 0.379 e. The quantitative estimate of drug-likeness (QED) is 0.797. The molecule has 1 atom stereocenters. The Morgan fingerprint density at radius 2 is 1.67 bits per heavy atom. The van der Waals surface area contributed by atoms with Gasteiger partial charge in [0.1, 0.15) is 0 Å². The summed E-state index contributed by atoms with van der Waals surface area (Å²) in [5.74, 6) is 0.589. The highest BCUT2D eigenvalue weighted by Gasteiger charge is 2.11. The predicted molar refractivity (Wildman–Crippen MR) is 78.0 cm³/mol. The van der Waals surface area contributed by atoms with Gasteiger partial charge < -0.3 is 10.1 Å². The van der Waals surface area contributed by atoms with Crippen LogP contribution in [0.25, 0.3) is 0 Å². The Balaban J connectivity index is 2.70. The molecule has 1 aromatic carbocycles. The maximum atomic E-state index is 5.78. The molecule has 0 aromatic heterocycles. The summed E-state index contributed by atoms with van der Waals surface area (Å²) >= 11 is 0. The first-order valence-corrected chi connectivity index (χ1v) is 6.92. The molecular formula is C16H27NO. The Labute approximate surface area is 112 Å². The van der Waals surface area contributed by atoms with Crippen LogP contribution in [0.2, 0.25) is 0 Å². The van der Waals surface area contributed by atoms with Crippen molar-refractivity contribution in [1.29, 1.82) is 0 Å². The molecule has 1 N–H and O–H groups in total. The van der Waals surface area contributed by atoms with E-state index in [1.807, 2.05) is 0 Å². The van der Waals surface area contributed by atoms with Gasteiger partial charge in [0.25, 0.3) is 0 Å². The molecule has 0 aliphatic heterocycles. The van der Waals surface area contributed by atoms with Gasteiger partial charge in [-0.2, -0.15) is 0 Å². The van der Waals surface area contributed by atoms with E-state index in [2.05, 4.69) is 58.1 Å². The summed E-state index contributed by atoms with van der Waals surface area (Å²) in [5.41, 5.74) is 3.96. The van der Waals surface area contributed by atoms with E-state index in [-0.39, 0.29) is 0 Å². The zero-order valence-corrected chi connectivity index (χ0v) is 12.4. The minimum Gasteiger partial charge on any atom is -0.379 e. The Morgan fingerprint density at radius 1 is 1.06 bits per heavy atom. The fraction of sp³-hybridized carbons (Fsp3) is 0.625. The molecule has 1 aromatic rings. The average molecular weight is 249 g/mol. The zero-order valence-electron chi connectivity index (χ0n) is 12.4. The number of hydrogen-bond donors (Lipinski definition) is 1. The van der Waals surface area contributed by atoms with Gasteiger partial charge in [0.15, 0.2) is 0 Å². The molecule has 0 heterocycles. The Kier molecular flexibility index (Phi) is 6.37. The van der Waals surface area contributed by atoms with Crippen molar-refractivity contribution in [3.05, 3.63) is 34.9 Å². The molecular weight excluding hydrogens is 222 g/mol. The van der Waals surface area contributed by atoms with Crippen LogP contribution in [0.4, 0.5) is 0 Å². The maximum Gasteiger partial charge on any atom is 0.0661 e. The normalized spacial score (nSPS) is 13.0. The number of likely N-dealkylation sites (N-methyl/N-ethyl adjacent to an activating group) is 1. The summed E-state index contributed by atoms with van der Waals surface area (Å²) in [7, 11) is 0. The van der Waals surface area contributed by atoms with Gasteiger partial charge in [0, 0.05) is 6.61 Å². The van der Waals surface area contributed by atoms with Crippen molar-refractivity contribution in [2.75, 3.05) is 19.8 Å². The third kappa shape index (κ3) is 5.19. The lowest BCUT2D eigenvalue weighted by Gasteiger charge is -2.20. The molecule has 1 unspecified atom stereocenters. The first-order valence-electron chi connectivity index (χ1n) is 6.92. The Morgan fingerprint density at radius 3 is 2.17 bits per heavy atom. The molecule has 0 fully saturated rings. The lowest BCUT2D eigenvalue weighted by atomic mass is 10.0. The lowest BCUT2D eigenvalue weighted by molar-refractivity contribution is 0.0905. The highest BCUT2D eigenvalue weighted by atomic mass is 16.5. The van der Waals surface area contributed by atoms with Gasteiger partial charge in [-0.3, -0.25) is 0 Å². The SMILES string of the molecule is CCNC(COCC(C)C)c1cc(C)cc(C)c1. The molecule has 0 saturated carbocycles. The molecule has 0 saturated heterocycles. The van der Waals surface area contributed by atoms with Gasteiger partial charge in [-0.1, -0.05) is 50.1 Å². The number of benzene rings is 1. The summed E-state index contributed by atoms with van der Waals surface area (Å²) in [5, 5.41) is 3.50. The molecule has 0 aliphatic carbocycles. The van der Waals surface area contributed by atoms with Gasteiger partial charge >= 0.3 is 0 Å². The molecule has 102 valence electrons. The van der Waals surface area contributed by atoms with E-state index in [1.54, 1.807) is 0 Å². The van der Waals surface area contributed by atoms with Crippen LogP contribution in [0.5, 0.6) is 0 Å². The number of nitrogens with one attached hydrogen (secondary N) is 1. The summed E-state index contributed by atoms with van der Waals surface area (Å²) in [6.45, 7) is 13.3. The maximum absolute atomic E-state index is 5.78. The van der Waals surface area contributed by atoms with Crippen LogP contribution in [-0.2, 0) is 4.74 Å². The van der Waals surface area contributed by atoms with Crippen LogP contribution in [0, 0.1) is 19.8 Å². The number of aryl methyl sites for hydroxylation is 2. The van der Waals surface area contributed by atoms with Gasteiger partial charge in [-0.05, 0) is 31.9 Å². The van der Waals surface area contributed by atoms with Gasteiger partial charge in [-0.15, -0.1) is 0 Å². The molecule has 2 heteroatoms. The zero-order chi connectivity index (χ0) is 13.5. The smallest absolute Gasteiger partial charge is 0.0661 e. The Bertz CT molecular complexity index is 340. The van der Waals surface area contributed by atoms with Gasteiger partial charge in [-0.25, -0.2) is 0 Å². The molecule has 0 amide bonds. The minimum atomic E-state index is 0.298. The average Bonchev–Trinajstić information content (AvgIpc) is 2.26. The highest BCUT2D eigenvalue weighted by molar-refractivity contribution is 5.30. The van der Waals surface area contributed by atoms with Crippen molar-refractivity contribution in [2.24, 2.45) is 5.92 Å². The van der Waals surface area contributed by atoms with E-state index in [0.717, 1.165) is 19.8 Å². The van der Waals surface area contributed by atoms with Crippen LogP contribution in [0.15, 0.2) is 18.2 Å². The van der Waals surface area contributed by atoms with E-state index in [4.69, 9.17) is 4.74 Å². The Hall–Kier alpha value is -0.860. The van der Waals surface area contributed by atoms with Crippen molar-refractivity contribution in [3.63, 3.8) is 0 Å². The highest BCUT2D eigenvalue weighted by Crippen LogP contribution is 2.17. The first kappa shape index (κ1) is 15.2. The molecule has 0 radical (unpaired) electrons. The van der Waals surface area contributed by atoms with Crippen molar-refractivity contribution in [1.82, 2.24) is 5.32 Å². The summed E-state index contributed by atoms with van der Waals surface area (Å²) < 4.78 is 5.78. The molecule has 0 bridgehead atoms. The second-order valence-corrected chi connectivity index (χ2v) is 5.46. The topological polar surface area (TPSA) is 21.3 Å². The third-order valence-corrected chi connectivity index (χ3v) is 2.83. The predicted octanol–water partition coefficient (Wildman–Crippen LogP) is 3.63. The second kappa shape index (κ2) is 7.55. The number of ether oxygens (including phenoxy) is 1. The van der Waals surface area contributed by atoms with Crippen LogP contribution >= 0.6 is 0 Å². The van der Waals surface area contributed by atoms with E-state index in [0.29, 0.717) is 12.0 Å². The van der Waals surface area contributed by atoms with Crippen LogP contribution in [0.1, 0.15) is 43.5 Å². The summed E-state index contributed by atoms with van der Waals surface area (Å²) in [6.07, 6.45) is 0. The van der Waals surface area contributed by atoms with Gasteiger partial charge in [0.05, 0.1) is 12.6 Å². The molecule has 2 nitrogen and oxygen atoms in total. The fourth-order valence-electron chi connectivity index (χ4n) is 2.15. The second-order valence-electron chi connectivity index (χ2n) is 5.46. The lowest BCUT2D eigenvalue weighted by Crippen LogP contribution is -2.26. The summed E-state index contributed by atoms with van der Waals surface area (Å²) in [4.78, 5) is 0. The molecule has 1 rings (SSSR count). The fourth-order valence-corrected chi connectivity index (χ4v) is 2.15. The van der Waals surface area contributed by atoms with Crippen molar-refractivity contribution >= 4 is 0 Å². The van der Waals surface area contributed by atoms with Crippen LogP contribution in [0.3, 0.4) is 0 Å². The standard InChI is InChI=1S/C16H27NO/c1-6-17-16(11-18-10-12(2)3)15-8-13(4)7-14(5)9-15/h7-9,12,16-17H,6,10-11H2,1-5H3.